The van der Waals surface area contributed by atoms with Crippen LogP contribution in [0.2, 0.25) is 0 Å². The molecular formula is C20H24O4. The molecule has 1 aromatic heterocycles. The maximum Gasteiger partial charge on any atom is 0.339 e. The number of allylic oxidation sites excluding steroid dienone is 2. The molecule has 0 radical (unpaired) electrons. The van der Waals surface area contributed by atoms with E-state index in [0.717, 1.165) is 29.4 Å². The van der Waals surface area contributed by atoms with Crippen LogP contribution in [0.4, 0.5) is 0 Å². The first-order chi connectivity index (χ1) is 11.5. The fourth-order valence-corrected chi connectivity index (χ4v) is 2.51. The topological polar surface area (TPSA) is 59.7 Å². The van der Waals surface area contributed by atoms with Gasteiger partial charge in [0.1, 0.15) is 17.9 Å². The number of hydrogen-bond acceptors (Lipinski definition) is 4. The molecule has 0 aliphatic heterocycles. The molecule has 128 valence electrons. The molecule has 2 rings (SSSR count). The Morgan fingerprint density at radius 3 is 2.79 bits per heavy atom. The van der Waals surface area contributed by atoms with Crippen LogP contribution in [0, 0.1) is 6.92 Å². The summed E-state index contributed by atoms with van der Waals surface area (Å²) in [6.07, 6.45) is 5.70. The van der Waals surface area contributed by atoms with Gasteiger partial charge in [0.05, 0.1) is 18.1 Å². The first kappa shape index (κ1) is 18.0. The Morgan fingerprint density at radius 2 is 2.08 bits per heavy atom. The SMILES string of the molecule is CC(C)=CCC/C(=C\COc1cc(=O)oc2cccc(C)c12)CO. The van der Waals surface area contributed by atoms with E-state index in [-0.39, 0.29) is 6.61 Å². The molecule has 2 aromatic rings. The summed E-state index contributed by atoms with van der Waals surface area (Å²) in [5.41, 5.74) is 3.27. The number of aliphatic hydroxyl groups excluding tert-OH is 1. The Balaban J connectivity index is 2.14. The van der Waals surface area contributed by atoms with E-state index in [9.17, 15) is 9.90 Å². The average molecular weight is 328 g/mol. The first-order valence-electron chi connectivity index (χ1n) is 8.09. The summed E-state index contributed by atoms with van der Waals surface area (Å²) in [5, 5.41) is 10.2. The zero-order chi connectivity index (χ0) is 17.5. The van der Waals surface area contributed by atoms with Crippen molar-refractivity contribution in [3.63, 3.8) is 0 Å². The lowest BCUT2D eigenvalue weighted by molar-refractivity contribution is 0.320. The summed E-state index contributed by atoms with van der Waals surface area (Å²) < 4.78 is 11.0. The molecule has 0 saturated heterocycles. The molecule has 1 heterocycles. The standard InChI is InChI=1S/C20H24O4/c1-14(2)6-4-8-16(13-21)10-11-23-18-12-19(22)24-17-9-5-7-15(3)20(17)18/h5-7,9-10,12,21H,4,8,11,13H2,1-3H3/b16-10+. The van der Waals surface area contributed by atoms with Crippen LogP contribution >= 0.6 is 0 Å². The molecule has 1 N–H and O–H groups in total. The molecule has 0 aliphatic carbocycles. The van der Waals surface area contributed by atoms with Gasteiger partial charge in [-0.1, -0.05) is 23.8 Å². The lowest BCUT2D eigenvalue weighted by atomic mass is 10.1. The molecule has 0 spiro atoms. The van der Waals surface area contributed by atoms with Gasteiger partial charge < -0.3 is 14.3 Å². The molecule has 0 saturated carbocycles. The summed E-state index contributed by atoms with van der Waals surface area (Å²) in [6, 6.07) is 6.91. The molecule has 1 aromatic carbocycles. The molecule has 0 fully saturated rings. The highest BCUT2D eigenvalue weighted by Crippen LogP contribution is 2.27. The molecule has 0 aliphatic rings. The summed E-state index contributed by atoms with van der Waals surface area (Å²) in [6.45, 7) is 6.37. The van der Waals surface area contributed by atoms with Crippen LogP contribution in [0.1, 0.15) is 32.3 Å². The molecular weight excluding hydrogens is 304 g/mol. The predicted octanol–water partition coefficient (Wildman–Crippen LogP) is 4.15. The van der Waals surface area contributed by atoms with E-state index in [1.54, 1.807) is 6.07 Å². The van der Waals surface area contributed by atoms with E-state index in [1.165, 1.54) is 11.6 Å². The van der Waals surface area contributed by atoms with Crippen molar-refractivity contribution in [1.29, 1.82) is 0 Å². The Kier molecular flexibility index (Phi) is 6.38. The van der Waals surface area contributed by atoms with Gasteiger partial charge in [0.15, 0.2) is 0 Å². The Bertz CT molecular complexity index is 808. The number of aryl methyl sites for hydroxylation is 1. The number of benzene rings is 1. The third-order valence-corrected chi connectivity index (χ3v) is 3.77. The van der Waals surface area contributed by atoms with Gasteiger partial charge in [-0.25, -0.2) is 4.79 Å². The van der Waals surface area contributed by atoms with Crippen LogP contribution in [0.25, 0.3) is 11.0 Å². The largest absolute Gasteiger partial charge is 0.488 e. The van der Waals surface area contributed by atoms with E-state index < -0.39 is 5.63 Å². The number of rotatable bonds is 7. The van der Waals surface area contributed by atoms with Crippen LogP contribution in [0.3, 0.4) is 0 Å². The van der Waals surface area contributed by atoms with Crippen LogP contribution < -0.4 is 10.4 Å². The van der Waals surface area contributed by atoms with Crippen molar-refractivity contribution in [2.45, 2.75) is 33.6 Å². The smallest absolute Gasteiger partial charge is 0.339 e. The van der Waals surface area contributed by atoms with Crippen molar-refractivity contribution >= 4 is 11.0 Å². The van der Waals surface area contributed by atoms with E-state index in [0.29, 0.717) is 17.9 Å². The minimum atomic E-state index is -0.432. The van der Waals surface area contributed by atoms with Crippen LogP contribution in [0.5, 0.6) is 5.75 Å². The van der Waals surface area contributed by atoms with Gasteiger partial charge in [0.25, 0.3) is 0 Å². The van der Waals surface area contributed by atoms with Gasteiger partial charge in [-0.15, -0.1) is 0 Å². The second kappa shape index (κ2) is 8.50. The quantitative estimate of drug-likeness (QED) is 0.613. The van der Waals surface area contributed by atoms with Crippen molar-refractivity contribution in [3.05, 3.63) is 63.5 Å². The monoisotopic (exact) mass is 328 g/mol. The van der Waals surface area contributed by atoms with Crippen molar-refractivity contribution in [1.82, 2.24) is 0 Å². The van der Waals surface area contributed by atoms with Crippen molar-refractivity contribution < 1.29 is 14.3 Å². The minimum absolute atomic E-state index is 0.0106. The second-order valence-electron chi connectivity index (χ2n) is 6.03. The first-order valence-corrected chi connectivity index (χ1v) is 8.09. The Labute approximate surface area is 142 Å². The molecule has 0 bridgehead atoms. The lowest BCUT2D eigenvalue weighted by Crippen LogP contribution is -2.04. The maximum atomic E-state index is 11.7. The van der Waals surface area contributed by atoms with E-state index >= 15 is 0 Å². The Hall–Kier alpha value is -2.33. The van der Waals surface area contributed by atoms with E-state index in [2.05, 4.69) is 19.9 Å². The molecule has 24 heavy (non-hydrogen) atoms. The van der Waals surface area contributed by atoms with Crippen molar-refractivity contribution in [2.24, 2.45) is 0 Å². The summed E-state index contributed by atoms with van der Waals surface area (Å²) in [5.74, 6) is 0.511. The van der Waals surface area contributed by atoms with Gasteiger partial charge in [-0.05, 0) is 56.9 Å². The molecule has 4 nitrogen and oxygen atoms in total. The number of hydrogen-bond donors (Lipinski definition) is 1. The van der Waals surface area contributed by atoms with Gasteiger partial charge >= 0.3 is 5.63 Å². The van der Waals surface area contributed by atoms with Gasteiger partial charge in [0.2, 0.25) is 0 Å². The summed E-state index contributed by atoms with van der Waals surface area (Å²) in [7, 11) is 0. The number of ether oxygens (including phenoxy) is 1. The van der Waals surface area contributed by atoms with Crippen molar-refractivity contribution in [3.8, 4) is 5.75 Å². The highest BCUT2D eigenvalue weighted by molar-refractivity contribution is 5.86. The summed E-state index contributed by atoms with van der Waals surface area (Å²) >= 11 is 0. The number of aliphatic hydroxyl groups is 1. The molecule has 0 atom stereocenters. The lowest BCUT2D eigenvalue weighted by Gasteiger charge is -2.09. The van der Waals surface area contributed by atoms with E-state index in [4.69, 9.17) is 9.15 Å². The third-order valence-electron chi connectivity index (χ3n) is 3.77. The van der Waals surface area contributed by atoms with Crippen LogP contribution in [0.15, 0.2) is 56.8 Å². The maximum absolute atomic E-state index is 11.7. The van der Waals surface area contributed by atoms with Crippen LogP contribution in [-0.4, -0.2) is 18.3 Å². The Morgan fingerprint density at radius 1 is 1.29 bits per heavy atom. The average Bonchev–Trinajstić information content (AvgIpc) is 2.52. The second-order valence-corrected chi connectivity index (χ2v) is 6.03. The zero-order valence-electron chi connectivity index (χ0n) is 14.5. The molecule has 0 unspecified atom stereocenters. The minimum Gasteiger partial charge on any atom is -0.488 e. The normalized spacial score (nSPS) is 11.6. The zero-order valence-corrected chi connectivity index (χ0v) is 14.5. The highest BCUT2D eigenvalue weighted by atomic mass is 16.5. The van der Waals surface area contributed by atoms with E-state index in [1.807, 2.05) is 25.1 Å². The third kappa shape index (κ3) is 4.83. The fourth-order valence-electron chi connectivity index (χ4n) is 2.51. The van der Waals surface area contributed by atoms with Gasteiger partial charge in [-0.2, -0.15) is 0 Å². The van der Waals surface area contributed by atoms with Crippen LogP contribution in [-0.2, 0) is 0 Å². The van der Waals surface area contributed by atoms with Crippen molar-refractivity contribution in [2.75, 3.05) is 13.2 Å². The van der Waals surface area contributed by atoms with Gasteiger partial charge in [0, 0.05) is 0 Å². The van der Waals surface area contributed by atoms with Gasteiger partial charge in [-0.3, -0.25) is 0 Å². The predicted molar refractivity (Wildman–Crippen MR) is 96.5 cm³/mol. The number of fused-ring (bicyclic) bond motifs is 1. The molecule has 0 amide bonds. The molecule has 4 heteroatoms. The summed E-state index contributed by atoms with van der Waals surface area (Å²) in [4.78, 5) is 11.7. The highest BCUT2D eigenvalue weighted by Gasteiger charge is 2.08. The fraction of sp³-hybridized carbons (Fsp3) is 0.350.